The molecule has 2 rings (SSSR count). The van der Waals surface area contributed by atoms with Gasteiger partial charge in [-0.05, 0) is 27.2 Å². The first-order chi connectivity index (χ1) is 10.2. The zero-order valence-corrected chi connectivity index (χ0v) is 13.2. The monoisotopic (exact) mass is 309 g/mol. The zero-order valence-electron chi connectivity index (χ0n) is 13.2. The highest BCUT2D eigenvalue weighted by Crippen LogP contribution is 2.18. The van der Waals surface area contributed by atoms with E-state index in [9.17, 15) is 9.59 Å². The van der Waals surface area contributed by atoms with Crippen LogP contribution < -0.4 is 11.1 Å². The van der Waals surface area contributed by atoms with Crippen molar-refractivity contribution in [2.75, 3.05) is 18.4 Å². The first-order valence-electron chi connectivity index (χ1n) is 7.28. The number of aromatic nitrogens is 2. The normalized spacial score (nSPS) is 18.3. The maximum atomic E-state index is 12.0. The third kappa shape index (κ3) is 4.64. The van der Waals surface area contributed by atoms with Crippen molar-refractivity contribution in [1.29, 1.82) is 0 Å². The summed E-state index contributed by atoms with van der Waals surface area (Å²) in [5.41, 5.74) is 5.44. The van der Waals surface area contributed by atoms with Crippen LogP contribution in [0.4, 0.5) is 10.5 Å². The van der Waals surface area contributed by atoms with Crippen LogP contribution in [0.25, 0.3) is 0 Å². The summed E-state index contributed by atoms with van der Waals surface area (Å²) in [6.07, 6.45) is 3.90. The van der Waals surface area contributed by atoms with Crippen LogP contribution in [0, 0.1) is 0 Å². The highest BCUT2D eigenvalue weighted by atomic mass is 16.6. The highest BCUT2D eigenvalue weighted by molar-refractivity contribution is 5.73. The molecule has 0 aromatic carbocycles. The van der Waals surface area contributed by atoms with Crippen molar-refractivity contribution in [2.24, 2.45) is 5.73 Å². The Bertz CT molecular complexity index is 549. The van der Waals surface area contributed by atoms with Crippen LogP contribution >= 0.6 is 0 Å². The Morgan fingerprint density at radius 1 is 1.50 bits per heavy atom. The lowest BCUT2D eigenvalue weighted by Gasteiger charge is -2.24. The quantitative estimate of drug-likeness (QED) is 0.856. The third-order valence-electron chi connectivity index (χ3n) is 3.16. The van der Waals surface area contributed by atoms with Crippen LogP contribution in [-0.4, -0.2) is 51.4 Å². The summed E-state index contributed by atoms with van der Waals surface area (Å²) < 4.78 is 6.84. The molecule has 0 radical (unpaired) electrons. The molecule has 1 aromatic rings. The van der Waals surface area contributed by atoms with Crippen LogP contribution in [0.15, 0.2) is 12.4 Å². The van der Waals surface area contributed by atoms with Gasteiger partial charge in [-0.1, -0.05) is 0 Å². The molecular weight excluding hydrogens is 286 g/mol. The van der Waals surface area contributed by atoms with E-state index >= 15 is 0 Å². The van der Waals surface area contributed by atoms with Crippen molar-refractivity contribution in [3.05, 3.63) is 12.4 Å². The second-order valence-electron chi connectivity index (χ2n) is 6.45. The van der Waals surface area contributed by atoms with E-state index in [0.29, 0.717) is 13.1 Å². The van der Waals surface area contributed by atoms with E-state index in [4.69, 9.17) is 10.5 Å². The molecule has 1 unspecified atom stereocenters. The molecule has 0 aliphatic carbocycles. The van der Waals surface area contributed by atoms with Gasteiger partial charge in [-0.3, -0.25) is 9.48 Å². The minimum absolute atomic E-state index is 0.0520. The van der Waals surface area contributed by atoms with E-state index in [1.165, 1.54) is 4.68 Å². The van der Waals surface area contributed by atoms with Crippen LogP contribution in [0.2, 0.25) is 0 Å². The first-order valence-corrected chi connectivity index (χ1v) is 7.28. The van der Waals surface area contributed by atoms with Gasteiger partial charge in [-0.2, -0.15) is 5.10 Å². The number of likely N-dealkylation sites (tertiary alicyclic amines) is 1. The van der Waals surface area contributed by atoms with E-state index < -0.39 is 11.5 Å². The molecule has 22 heavy (non-hydrogen) atoms. The number of nitrogens with zero attached hydrogens (tertiary/aromatic N) is 3. The predicted molar refractivity (Wildman–Crippen MR) is 81.3 cm³/mol. The number of nitrogens with one attached hydrogen (secondary N) is 1. The lowest BCUT2D eigenvalue weighted by Crippen LogP contribution is -2.36. The number of nitrogens with two attached hydrogens (primary N) is 1. The summed E-state index contributed by atoms with van der Waals surface area (Å²) in [6.45, 7) is 6.84. The topological polar surface area (TPSA) is 102 Å². The van der Waals surface area contributed by atoms with Crippen LogP contribution in [-0.2, 0) is 16.1 Å². The fraction of sp³-hybridized carbons (Fsp3) is 0.643. The standard InChI is InChI=1S/C14H23N5O3/c1-14(2,3)22-13(21)18-5-4-10(7-18)17-11-6-16-19(8-11)9-12(15)20/h6,8,10,17H,4-5,7,9H2,1-3H3,(H2,15,20). The van der Waals surface area contributed by atoms with Crippen molar-refractivity contribution in [2.45, 2.75) is 45.4 Å². The Hall–Kier alpha value is -2.25. The van der Waals surface area contributed by atoms with Gasteiger partial charge in [0.25, 0.3) is 0 Å². The summed E-state index contributed by atoms with van der Waals surface area (Å²) in [5, 5.41) is 7.35. The summed E-state index contributed by atoms with van der Waals surface area (Å²) in [6, 6.07) is 0.138. The van der Waals surface area contributed by atoms with Crippen molar-refractivity contribution in [3.8, 4) is 0 Å². The van der Waals surface area contributed by atoms with E-state index in [1.54, 1.807) is 17.3 Å². The molecular formula is C14H23N5O3. The lowest BCUT2D eigenvalue weighted by atomic mass is 10.2. The highest BCUT2D eigenvalue weighted by Gasteiger charge is 2.29. The number of carbonyl (C=O) groups excluding carboxylic acids is 2. The van der Waals surface area contributed by atoms with Gasteiger partial charge >= 0.3 is 6.09 Å². The molecule has 1 aliphatic heterocycles. The smallest absolute Gasteiger partial charge is 0.410 e. The Morgan fingerprint density at radius 3 is 2.86 bits per heavy atom. The van der Waals surface area contributed by atoms with Gasteiger partial charge in [0.1, 0.15) is 12.1 Å². The summed E-state index contributed by atoms with van der Waals surface area (Å²) in [5.74, 6) is -0.438. The maximum Gasteiger partial charge on any atom is 0.410 e. The van der Waals surface area contributed by atoms with Crippen molar-refractivity contribution >= 4 is 17.7 Å². The van der Waals surface area contributed by atoms with Gasteiger partial charge in [0.05, 0.1) is 11.9 Å². The van der Waals surface area contributed by atoms with E-state index in [1.807, 2.05) is 20.8 Å². The summed E-state index contributed by atoms with van der Waals surface area (Å²) in [4.78, 5) is 24.5. The molecule has 3 N–H and O–H groups in total. The van der Waals surface area contributed by atoms with Crippen LogP contribution in [0.1, 0.15) is 27.2 Å². The molecule has 1 saturated heterocycles. The lowest BCUT2D eigenvalue weighted by molar-refractivity contribution is -0.118. The second-order valence-corrected chi connectivity index (χ2v) is 6.45. The largest absolute Gasteiger partial charge is 0.444 e. The van der Waals surface area contributed by atoms with E-state index in [2.05, 4.69) is 10.4 Å². The minimum Gasteiger partial charge on any atom is -0.444 e. The number of primary amides is 1. The fourth-order valence-corrected chi connectivity index (χ4v) is 2.29. The molecule has 8 heteroatoms. The zero-order chi connectivity index (χ0) is 16.3. The van der Waals surface area contributed by atoms with Crippen LogP contribution in [0.3, 0.4) is 0 Å². The van der Waals surface area contributed by atoms with E-state index in [-0.39, 0.29) is 18.7 Å². The van der Waals surface area contributed by atoms with Crippen molar-refractivity contribution in [3.63, 3.8) is 0 Å². The SMILES string of the molecule is CC(C)(C)OC(=O)N1CCC(Nc2cnn(CC(N)=O)c2)C1. The van der Waals surface area contributed by atoms with Gasteiger partial charge in [-0.25, -0.2) is 4.79 Å². The molecule has 1 aromatic heterocycles. The van der Waals surface area contributed by atoms with Gasteiger partial charge in [0.2, 0.25) is 5.91 Å². The van der Waals surface area contributed by atoms with Gasteiger partial charge in [-0.15, -0.1) is 0 Å². The van der Waals surface area contributed by atoms with Crippen molar-refractivity contribution < 1.29 is 14.3 Å². The van der Waals surface area contributed by atoms with Gasteiger partial charge in [0.15, 0.2) is 0 Å². The third-order valence-corrected chi connectivity index (χ3v) is 3.16. The molecule has 1 fully saturated rings. The molecule has 1 atom stereocenters. The fourth-order valence-electron chi connectivity index (χ4n) is 2.29. The molecule has 0 spiro atoms. The molecule has 2 heterocycles. The van der Waals surface area contributed by atoms with Crippen molar-refractivity contribution in [1.82, 2.24) is 14.7 Å². The Balaban J connectivity index is 1.84. The number of anilines is 1. The average molecular weight is 309 g/mol. The predicted octanol–water partition coefficient (Wildman–Crippen LogP) is 0.790. The number of hydrogen-bond donors (Lipinski definition) is 2. The summed E-state index contributed by atoms with van der Waals surface area (Å²) >= 11 is 0. The molecule has 2 amide bonds. The number of amides is 2. The number of ether oxygens (including phenoxy) is 1. The minimum atomic E-state index is -0.488. The average Bonchev–Trinajstić information content (AvgIpc) is 2.96. The molecule has 122 valence electrons. The molecule has 8 nitrogen and oxygen atoms in total. The molecule has 0 bridgehead atoms. The van der Waals surface area contributed by atoms with Crippen LogP contribution in [0.5, 0.6) is 0 Å². The Morgan fingerprint density at radius 2 is 2.23 bits per heavy atom. The number of rotatable bonds is 4. The Labute approximate surface area is 129 Å². The first kappa shape index (κ1) is 16.1. The number of hydrogen-bond acceptors (Lipinski definition) is 5. The maximum absolute atomic E-state index is 12.0. The Kier molecular flexibility index (Phi) is 4.58. The summed E-state index contributed by atoms with van der Waals surface area (Å²) in [7, 11) is 0. The van der Waals surface area contributed by atoms with E-state index in [0.717, 1.165) is 12.1 Å². The molecule has 0 saturated carbocycles. The second kappa shape index (κ2) is 6.25. The number of carbonyl (C=O) groups is 2. The molecule has 1 aliphatic rings. The van der Waals surface area contributed by atoms with Gasteiger partial charge < -0.3 is 20.7 Å². The van der Waals surface area contributed by atoms with Gasteiger partial charge in [0, 0.05) is 25.3 Å².